The second-order valence-electron chi connectivity index (χ2n) is 4.19. The molecule has 0 saturated carbocycles. The molecule has 6 heteroatoms. The molecular formula is C10H19N3O3. The molecule has 0 radical (unpaired) electrons. The lowest BCUT2D eigenvalue weighted by Crippen LogP contribution is -2.50. The van der Waals surface area contributed by atoms with Gasteiger partial charge in [-0.2, -0.15) is 0 Å². The molecule has 1 heterocycles. The molecule has 1 aliphatic rings. The van der Waals surface area contributed by atoms with Crippen LogP contribution in [0.4, 0.5) is 0 Å². The summed E-state index contributed by atoms with van der Waals surface area (Å²) in [5, 5.41) is 9.44. The third-order valence-corrected chi connectivity index (χ3v) is 2.81. The summed E-state index contributed by atoms with van der Waals surface area (Å²) in [5.41, 5.74) is 10.9. The third kappa shape index (κ3) is 2.70. The first-order valence-electron chi connectivity index (χ1n) is 5.50. The van der Waals surface area contributed by atoms with E-state index in [-0.39, 0.29) is 18.9 Å². The fourth-order valence-corrected chi connectivity index (χ4v) is 1.97. The van der Waals surface area contributed by atoms with Crippen molar-refractivity contribution in [3.63, 3.8) is 0 Å². The van der Waals surface area contributed by atoms with Crippen LogP contribution in [-0.4, -0.2) is 46.6 Å². The van der Waals surface area contributed by atoms with E-state index < -0.39 is 24.1 Å². The Hall–Kier alpha value is -1.14. The van der Waals surface area contributed by atoms with E-state index in [2.05, 4.69) is 0 Å². The Morgan fingerprint density at radius 3 is 2.69 bits per heavy atom. The summed E-state index contributed by atoms with van der Waals surface area (Å²) in [7, 11) is 0. The van der Waals surface area contributed by atoms with Gasteiger partial charge in [0.05, 0.1) is 12.1 Å². The molecule has 1 saturated heterocycles. The van der Waals surface area contributed by atoms with Gasteiger partial charge in [-0.05, 0) is 6.42 Å². The Kier molecular flexibility index (Phi) is 4.26. The first kappa shape index (κ1) is 12.9. The fraction of sp³-hybridized carbons (Fsp3) is 0.800. The number of β-amino-alcohol motifs (C(OH)–C–C–N with tert-alkyl or cyclic N) is 1. The maximum atomic E-state index is 11.9. The van der Waals surface area contributed by atoms with Crippen LogP contribution in [0.15, 0.2) is 0 Å². The highest BCUT2D eigenvalue weighted by Crippen LogP contribution is 2.19. The molecule has 6 nitrogen and oxygen atoms in total. The monoisotopic (exact) mass is 229 g/mol. The molecule has 3 unspecified atom stereocenters. The molecule has 0 bridgehead atoms. The average molecular weight is 229 g/mol. The SMILES string of the molecule is CCCC(N)C(=O)N1CC(O)CC1C(N)=O. The van der Waals surface area contributed by atoms with E-state index in [4.69, 9.17) is 11.5 Å². The van der Waals surface area contributed by atoms with Crippen molar-refractivity contribution >= 4 is 11.8 Å². The maximum Gasteiger partial charge on any atom is 0.240 e. The van der Waals surface area contributed by atoms with Crippen LogP contribution in [0.1, 0.15) is 26.2 Å². The van der Waals surface area contributed by atoms with Gasteiger partial charge in [-0.1, -0.05) is 13.3 Å². The van der Waals surface area contributed by atoms with Gasteiger partial charge >= 0.3 is 0 Å². The zero-order chi connectivity index (χ0) is 12.3. The van der Waals surface area contributed by atoms with Crippen LogP contribution in [0.5, 0.6) is 0 Å². The van der Waals surface area contributed by atoms with Crippen molar-refractivity contribution in [2.75, 3.05) is 6.54 Å². The van der Waals surface area contributed by atoms with Gasteiger partial charge in [0.15, 0.2) is 0 Å². The number of rotatable bonds is 4. The third-order valence-electron chi connectivity index (χ3n) is 2.81. The molecule has 2 amide bonds. The predicted octanol–water partition coefficient (Wildman–Crippen LogP) is -1.44. The number of hydrogen-bond acceptors (Lipinski definition) is 4. The molecule has 1 fully saturated rings. The van der Waals surface area contributed by atoms with Crippen LogP contribution < -0.4 is 11.5 Å². The van der Waals surface area contributed by atoms with E-state index >= 15 is 0 Å². The molecule has 0 aromatic heterocycles. The van der Waals surface area contributed by atoms with Crippen molar-refractivity contribution in [2.24, 2.45) is 11.5 Å². The number of hydrogen-bond donors (Lipinski definition) is 3. The molecule has 5 N–H and O–H groups in total. The van der Waals surface area contributed by atoms with Gasteiger partial charge in [-0.3, -0.25) is 9.59 Å². The minimum absolute atomic E-state index is 0.143. The molecule has 0 aliphatic carbocycles. The summed E-state index contributed by atoms with van der Waals surface area (Å²) < 4.78 is 0. The number of carbonyl (C=O) groups excluding carboxylic acids is 2. The summed E-state index contributed by atoms with van der Waals surface area (Å²) in [6, 6.07) is -1.33. The lowest BCUT2D eigenvalue weighted by Gasteiger charge is -2.24. The molecule has 16 heavy (non-hydrogen) atoms. The standard InChI is InChI=1S/C10H19N3O3/c1-2-3-7(11)10(16)13-5-6(14)4-8(13)9(12)15/h6-8,14H,2-5,11H2,1H3,(H2,12,15). The molecule has 1 aliphatic heterocycles. The normalized spacial score (nSPS) is 26.8. The first-order chi connectivity index (χ1) is 7.47. The van der Waals surface area contributed by atoms with Crippen molar-refractivity contribution in [3.05, 3.63) is 0 Å². The van der Waals surface area contributed by atoms with Crippen LogP contribution in [0.25, 0.3) is 0 Å². The van der Waals surface area contributed by atoms with Gasteiger partial charge in [0, 0.05) is 13.0 Å². The highest BCUT2D eigenvalue weighted by atomic mass is 16.3. The Bertz CT molecular complexity index is 282. The zero-order valence-corrected chi connectivity index (χ0v) is 9.43. The number of nitrogens with two attached hydrogens (primary N) is 2. The molecule has 1 rings (SSSR count). The molecular weight excluding hydrogens is 210 g/mol. The van der Waals surface area contributed by atoms with Gasteiger partial charge in [0.1, 0.15) is 6.04 Å². The number of amides is 2. The average Bonchev–Trinajstić information content (AvgIpc) is 2.59. The van der Waals surface area contributed by atoms with Crippen molar-refractivity contribution < 1.29 is 14.7 Å². The number of primary amides is 1. The Balaban J connectivity index is 2.70. The van der Waals surface area contributed by atoms with Crippen LogP contribution in [-0.2, 0) is 9.59 Å². The minimum atomic E-state index is -0.717. The van der Waals surface area contributed by atoms with Gasteiger partial charge in [0.25, 0.3) is 0 Å². The summed E-state index contributed by atoms with van der Waals surface area (Å²) in [4.78, 5) is 24.3. The van der Waals surface area contributed by atoms with Crippen molar-refractivity contribution in [2.45, 2.75) is 44.4 Å². The molecule has 0 aromatic rings. The number of aliphatic hydroxyl groups excluding tert-OH is 1. The summed E-state index contributed by atoms with van der Waals surface area (Å²) in [6.07, 6.45) is 0.886. The van der Waals surface area contributed by atoms with E-state index in [0.717, 1.165) is 6.42 Å². The molecule has 0 aromatic carbocycles. The van der Waals surface area contributed by atoms with Gasteiger partial charge in [-0.25, -0.2) is 0 Å². The van der Waals surface area contributed by atoms with Crippen molar-refractivity contribution in [1.82, 2.24) is 4.90 Å². The van der Waals surface area contributed by atoms with Gasteiger partial charge < -0.3 is 21.5 Å². The molecule has 92 valence electrons. The lowest BCUT2D eigenvalue weighted by atomic mass is 10.1. The number of carbonyl (C=O) groups is 2. The van der Waals surface area contributed by atoms with E-state index in [1.54, 1.807) is 0 Å². The minimum Gasteiger partial charge on any atom is -0.391 e. The summed E-state index contributed by atoms with van der Waals surface area (Å²) in [6.45, 7) is 2.07. The highest BCUT2D eigenvalue weighted by molar-refractivity contribution is 5.89. The second-order valence-corrected chi connectivity index (χ2v) is 4.19. The quantitative estimate of drug-likeness (QED) is 0.548. The van der Waals surface area contributed by atoms with E-state index in [0.29, 0.717) is 6.42 Å². The number of nitrogens with zero attached hydrogens (tertiary/aromatic N) is 1. The second kappa shape index (κ2) is 5.27. The van der Waals surface area contributed by atoms with Gasteiger partial charge in [-0.15, -0.1) is 0 Å². The largest absolute Gasteiger partial charge is 0.391 e. The van der Waals surface area contributed by atoms with E-state index in [1.165, 1.54) is 4.90 Å². The van der Waals surface area contributed by atoms with E-state index in [9.17, 15) is 14.7 Å². The number of likely N-dealkylation sites (tertiary alicyclic amines) is 1. The molecule has 3 atom stereocenters. The van der Waals surface area contributed by atoms with Crippen molar-refractivity contribution in [3.8, 4) is 0 Å². The highest BCUT2D eigenvalue weighted by Gasteiger charge is 2.39. The van der Waals surface area contributed by atoms with Gasteiger partial charge in [0.2, 0.25) is 11.8 Å². The van der Waals surface area contributed by atoms with E-state index in [1.807, 2.05) is 6.92 Å². The first-order valence-corrected chi connectivity index (χ1v) is 5.50. The van der Waals surface area contributed by atoms with Crippen LogP contribution >= 0.6 is 0 Å². The Morgan fingerprint density at radius 1 is 1.56 bits per heavy atom. The summed E-state index contributed by atoms with van der Waals surface area (Å²) >= 11 is 0. The summed E-state index contributed by atoms with van der Waals surface area (Å²) in [5.74, 6) is -0.893. The fourth-order valence-electron chi connectivity index (χ4n) is 1.97. The zero-order valence-electron chi connectivity index (χ0n) is 9.43. The lowest BCUT2D eigenvalue weighted by molar-refractivity contribution is -0.138. The van der Waals surface area contributed by atoms with Crippen LogP contribution in [0, 0.1) is 0 Å². The Morgan fingerprint density at radius 2 is 2.19 bits per heavy atom. The smallest absolute Gasteiger partial charge is 0.240 e. The van der Waals surface area contributed by atoms with Crippen molar-refractivity contribution in [1.29, 1.82) is 0 Å². The maximum absolute atomic E-state index is 11.9. The predicted molar refractivity (Wildman–Crippen MR) is 58.2 cm³/mol. The Labute approximate surface area is 94.6 Å². The van der Waals surface area contributed by atoms with Crippen LogP contribution in [0.2, 0.25) is 0 Å². The number of aliphatic hydroxyl groups is 1. The van der Waals surface area contributed by atoms with Crippen LogP contribution in [0.3, 0.4) is 0 Å². The molecule has 0 spiro atoms. The topological polar surface area (TPSA) is 110 Å².